The fraction of sp³-hybridized carbons (Fsp3) is 0.150. The van der Waals surface area contributed by atoms with Crippen molar-refractivity contribution in [2.24, 2.45) is 0 Å². The van der Waals surface area contributed by atoms with Gasteiger partial charge in [0.15, 0.2) is 6.61 Å². The second kappa shape index (κ2) is 8.26. The number of rotatable bonds is 7. The zero-order chi connectivity index (χ0) is 20.1. The van der Waals surface area contributed by atoms with Crippen LogP contribution in [0.3, 0.4) is 0 Å². The molecule has 0 saturated heterocycles. The summed E-state index contributed by atoms with van der Waals surface area (Å²) in [4.78, 5) is 34.5. The molecule has 1 heterocycles. The van der Waals surface area contributed by atoms with Gasteiger partial charge < -0.3 is 24.3 Å². The molecule has 0 aliphatic carbocycles. The van der Waals surface area contributed by atoms with Gasteiger partial charge in [0.05, 0.1) is 5.39 Å². The summed E-state index contributed by atoms with van der Waals surface area (Å²) >= 11 is 0. The van der Waals surface area contributed by atoms with E-state index in [0.29, 0.717) is 16.9 Å². The lowest BCUT2D eigenvalue weighted by molar-refractivity contribution is -0.138. The molecule has 0 saturated carbocycles. The number of nitrogens with one attached hydrogen (secondary N) is 1. The number of carbonyl (C=O) groups is 2. The van der Waals surface area contributed by atoms with Gasteiger partial charge in [-0.3, -0.25) is 14.4 Å². The molecule has 3 rings (SSSR count). The highest BCUT2D eigenvalue weighted by atomic mass is 16.5. The van der Waals surface area contributed by atoms with E-state index in [1.165, 1.54) is 24.5 Å². The maximum Gasteiger partial charge on any atom is 0.322 e. The van der Waals surface area contributed by atoms with Gasteiger partial charge in [0.2, 0.25) is 11.2 Å². The maximum atomic E-state index is 12.6. The Labute approximate surface area is 159 Å². The van der Waals surface area contributed by atoms with E-state index in [4.69, 9.17) is 19.0 Å². The lowest BCUT2D eigenvalue weighted by atomic mass is 10.2. The van der Waals surface area contributed by atoms with E-state index in [1.807, 2.05) is 19.1 Å². The van der Waals surface area contributed by atoms with Crippen molar-refractivity contribution in [1.82, 2.24) is 5.32 Å². The van der Waals surface area contributed by atoms with E-state index in [-0.39, 0.29) is 23.4 Å². The average Bonchev–Trinajstić information content (AvgIpc) is 2.67. The molecule has 28 heavy (non-hydrogen) atoms. The summed E-state index contributed by atoms with van der Waals surface area (Å²) in [6, 6.07) is 11.8. The molecule has 2 N–H and O–H groups in total. The molecule has 0 bridgehead atoms. The Bertz CT molecular complexity index is 1090. The predicted molar refractivity (Wildman–Crippen MR) is 99.9 cm³/mol. The molecule has 0 aliphatic rings. The van der Waals surface area contributed by atoms with Crippen molar-refractivity contribution in [2.75, 3.05) is 13.2 Å². The molecule has 3 aromatic rings. The number of benzene rings is 2. The summed E-state index contributed by atoms with van der Waals surface area (Å²) in [5.74, 6) is -0.845. The quantitative estimate of drug-likeness (QED) is 0.644. The molecule has 0 radical (unpaired) electrons. The molecule has 0 fully saturated rings. The normalized spacial score (nSPS) is 10.5. The van der Waals surface area contributed by atoms with Gasteiger partial charge in [0, 0.05) is 6.07 Å². The number of ether oxygens (including phenoxy) is 2. The number of amides is 1. The van der Waals surface area contributed by atoms with Gasteiger partial charge in [-0.15, -0.1) is 0 Å². The van der Waals surface area contributed by atoms with Gasteiger partial charge in [0.25, 0.3) is 5.91 Å². The van der Waals surface area contributed by atoms with E-state index < -0.39 is 18.4 Å². The van der Waals surface area contributed by atoms with Gasteiger partial charge in [-0.25, -0.2) is 0 Å². The highest BCUT2D eigenvalue weighted by Crippen LogP contribution is 2.24. The van der Waals surface area contributed by atoms with E-state index in [2.05, 4.69) is 5.32 Å². The average molecular weight is 383 g/mol. The van der Waals surface area contributed by atoms with Crippen LogP contribution in [-0.2, 0) is 9.59 Å². The second-order valence-electron chi connectivity index (χ2n) is 5.96. The third-order valence-corrected chi connectivity index (χ3v) is 3.74. The fourth-order valence-corrected chi connectivity index (χ4v) is 2.43. The Morgan fingerprint density at radius 3 is 2.71 bits per heavy atom. The zero-order valence-corrected chi connectivity index (χ0v) is 14.9. The molecule has 2 aromatic carbocycles. The van der Waals surface area contributed by atoms with Gasteiger partial charge in [0.1, 0.15) is 29.9 Å². The molecule has 1 amide bonds. The number of hydrogen-bond acceptors (Lipinski definition) is 6. The predicted octanol–water partition coefficient (Wildman–Crippen LogP) is 2.47. The molecule has 144 valence electrons. The number of aliphatic carboxylic acids is 1. The summed E-state index contributed by atoms with van der Waals surface area (Å²) in [7, 11) is 0. The molecular weight excluding hydrogens is 366 g/mol. The lowest BCUT2D eigenvalue weighted by Gasteiger charge is -2.08. The van der Waals surface area contributed by atoms with Crippen molar-refractivity contribution in [3.8, 4) is 17.2 Å². The van der Waals surface area contributed by atoms with Crippen LogP contribution < -0.4 is 20.2 Å². The molecule has 8 heteroatoms. The molecule has 0 atom stereocenters. The van der Waals surface area contributed by atoms with Crippen LogP contribution in [0.4, 0.5) is 0 Å². The SMILES string of the molecule is Cc1cccc(Oc2coc3cc(OCC(=O)NCC(=O)O)ccc3c2=O)c1. The first-order chi connectivity index (χ1) is 13.4. The summed E-state index contributed by atoms with van der Waals surface area (Å²) in [5.41, 5.74) is 0.926. The Hall–Kier alpha value is -3.81. The van der Waals surface area contributed by atoms with Crippen LogP contribution in [0.15, 0.2) is 57.9 Å². The topological polar surface area (TPSA) is 115 Å². The summed E-state index contributed by atoms with van der Waals surface area (Å²) in [6.45, 7) is 1.06. The van der Waals surface area contributed by atoms with E-state index in [1.54, 1.807) is 12.1 Å². The molecule has 0 aliphatic heterocycles. The van der Waals surface area contributed by atoms with Crippen LogP contribution in [0.2, 0.25) is 0 Å². The summed E-state index contributed by atoms with van der Waals surface area (Å²) in [6.07, 6.45) is 1.22. The van der Waals surface area contributed by atoms with E-state index >= 15 is 0 Å². The molecule has 0 spiro atoms. The van der Waals surface area contributed by atoms with Crippen molar-refractivity contribution < 1.29 is 28.6 Å². The fourth-order valence-electron chi connectivity index (χ4n) is 2.43. The third kappa shape index (κ3) is 4.67. The summed E-state index contributed by atoms with van der Waals surface area (Å²) < 4.78 is 16.4. The second-order valence-corrected chi connectivity index (χ2v) is 5.96. The molecule has 0 unspecified atom stereocenters. The van der Waals surface area contributed by atoms with Crippen LogP contribution in [0.5, 0.6) is 17.2 Å². The van der Waals surface area contributed by atoms with Crippen LogP contribution in [0, 0.1) is 6.92 Å². The van der Waals surface area contributed by atoms with Crippen LogP contribution in [0.25, 0.3) is 11.0 Å². The van der Waals surface area contributed by atoms with Crippen molar-refractivity contribution in [2.45, 2.75) is 6.92 Å². The first-order valence-corrected chi connectivity index (χ1v) is 8.34. The minimum atomic E-state index is -1.15. The molecule has 1 aromatic heterocycles. The number of hydrogen-bond donors (Lipinski definition) is 2. The highest BCUT2D eigenvalue weighted by Gasteiger charge is 2.11. The number of carboxylic acids is 1. The van der Waals surface area contributed by atoms with E-state index in [0.717, 1.165) is 5.56 Å². The van der Waals surface area contributed by atoms with Crippen molar-refractivity contribution in [3.63, 3.8) is 0 Å². The Morgan fingerprint density at radius 1 is 1.14 bits per heavy atom. The standard InChI is InChI=1S/C20H17NO7/c1-12-3-2-4-14(7-12)28-17-10-27-16-8-13(5-6-15(16)20(17)25)26-11-18(22)21-9-19(23)24/h2-8,10H,9,11H2,1H3,(H,21,22)(H,23,24). The number of carboxylic acid groups (broad SMARTS) is 1. The monoisotopic (exact) mass is 383 g/mol. The van der Waals surface area contributed by atoms with Gasteiger partial charge in [-0.2, -0.15) is 0 Å². The molecule has 8 nitrogen and oxygen atoms in total. The number of carbonyl (C=O) groups excluding carboxylic acids is 1. The van der Waals surface area contributed by atoms with Gasteiger partial charge in [-0.1, -0.05) is 12.1 Å². The number of aryl methyl sites for hydroxylation is 1. The lowest BCUT2D eigenvalue weighted by Crippen LogP contribution is -2.33. The van der Waals surface area contributed by atoms with Crippen molar-refractivity contribution >= 4 is 22.8 Å². The first-order valence-electron chi connectivity index (χ1n) is 8.34. The van der Waals surface area contributed by atoms with E-state index in [9.17, 15) is 14.4 Å². The van der Waals surface area contributed by atoms with Crippen LogP contribution in [0.1, 0.15) is 5.56 Å². The summed E-state index contributed by atoms with van der Waals surface area (Å²) in [5, 5.41) is 11.0. The Morgan fingerprint density at radius 2 is 1.96 bits per heavy atom. The van der Waals surface area contributed by atoms with Gasteiger partial charge in [-0.05, 0) is 36.8 Å². The van der Waals surface area contributed by atoms with Crippen molar-refractivity contribution in [1.29, 1.82) is 0 Å². The highest BCUT2D eigenvalue weighted by molar-refractivity contribution is 5.82. The minimum Gasteiger partial charge on any atom is -0.484 e. The number of fused-ring (bicyclic) bond motifs is 1. The van der Waals surface area contributed by atoms with Gasteiger partial charge >= 0.3 is 5.97 Å². The minimum absolute atomic E-state index is 0.0554. The largest absolute Gasteiger partial charge is 0.484 e. The first kappa shape index (κ1) is 19.0. The third-order valence-electron chi connectivity index (χ3n) is 3.74. The Balaban J connectivity index is 1.74. The Kier molecular flexibility index (Phi) is 5.59. The molecular formula is C20H17NO7. The smallest absolute Gasteiger partial charge is 0.322 e. The van der Waals surface area contributed by atoms with Crippen molar-refractivity contribution in [3.05, 3.63) is 64.5 Å². The van der Waals surface area contributed by atoms with Crippen LogP contribution >= 0.6 is 0 Å². The maximum absolute atomic E-state index is 12.6. The zero-order valence-electron chi connectivity index (χ0n) is 14.9. The van der Waals surface area contributed by atoms with Crippen LogP contribution in [-0.4, -0.2) is 30.1 Å².